The first kappa shape index (κ1) is 15.4. The van der Waals surface area contributed by atoms with Gasteiger partial charge in [-0.05, 0) is 18.1 Å². The van der Waals surface area contributed by atoms with Gasteiger partial charge < -0.3 is 11.1 Å². The summed E-state index contributed by atoms with van der Waals surface area (Å²) in [5, 5.41) is 2.91. The quantitative estimate of drug-likeness (QED) is 0.852. The molecule has 1 aromatic carbocycles. The van der Waals surface area contributed by atoms with Crippen LogP contribution in [0.1, 0.15) is 37.0 Å². The number of para-hydroxylation sites is 1. The molecule has 0 aliphatic heterocycles. The maximum Gasteiger partial charge on any atom is 0.253 e. The Morgan fingerprint density at radius 3 is 2.67 bits per heavy atom. The first-order valence-corrected chi connectivity index (χ1v) is 7.40. The molecule has 1 aromatic heterocycles. The summed E-state index contributed by atoms with van der Waals surface area (Å²) in [4.78, 5) is 20.8. The van der Waals surface area contributed by atoms with Crippen molar-refractivity contribution in [2.45, 2.75) is 32.7 Å². The Morgan fingerprint density at radius 1 is 1.24 bits per heavy atom. The molecular weight excluding hydrogens is 264 g/mol. The third-order valence-corrected chi connectivity index (χ3v) is 3.90. The molecule has 3 N–H and O–H groups in total. The predicted molar refractivity (Wildman–Crippen MR) is 83.9 cm³/mol. The molecule has 0 radical (unpaired) electrons. The van der Waals surface area contributed by atoms with Gasteiger partial charge in [-0.25, -0.2) is 0 Å². The maximum absolute atomic E-state index is 12.3. The Balaban J connectivity index is 2.09. The molecule has 1 unspecified atom stereocenters. The minimum atomic E-state index is -0.150. The van der Waals surface area contributed by atoms with Crippen LogP contribution in [0.3, 0.4) is 0 Å². The van der Waals surface area contributed by atoms with Crippen molar-refractivity contribution in [1.82, 2.24) is 15.3 Å². The SMILES string of the molecule is CCC(CC)C(N)CNC(=O)c1cccc2nccnc12. The Kier molecular flexibility index (Phi) is 5.22. The molecule has 21 heavy (non-hydrogen) atoms. The van der Waals surface area contributed by atoms with Crippen LogP contribution >= 0.6 is 0 Å². The van der Waals surface area contributed by atoms with Gasteiger partial charge in [-0.2, -0.15) is 0 Å². The van der Waals surface area contributed by atoms with E-state index in [9.17, 15) is 4.79 Å². The largest absolute Gasteiger partial charge is 0.350 e. The maximum atomic E-state index is 12.3. The lowest BCUT2D eigenvalue weighted by molar-refractivity contribution is 0.0949. The van der Waals surface area contributed by atoms with Crippen LogP contribution in [0.4, 0.5) is 0 Å². The van der Waals surface area contributed by atoms with E-state index in [0.717, 1.165) is 18.4 Å². The van der Waals surface area contributed by atoms with Crippen LogP contribution in [0.15, 0.2) is 30.6 Å². The van der Waals surface area contributed by atoms with Crippen molar-refractivity contribution in [2.24, 2.45) is 11.7 Å². The molecule has 1 atom stereocenters. The zero-order valence-electron chi connectivity index (χ0n) is 12.5. The van der Waals surface area contributed by atoms with E-state index in [2.05, 4.69) is 29.1 Å². The fourth-order valence-electron chi connectivity index (χ4n) is 2.54. The minimum Gasteiger partial charge on any atom is -0.350 e. The molecule has 2 rings (SSSR count). The van der Waals surface area contributed by atoms with Gasteiger partial charge in [0.15, 0.2) is 0 Å². The normalized spacial score (nSPS) is 12.6. The molecule has 0 saturated heterocycles. The van der Waals surface area contributed by atoms with Crippen molar-refractivity contribution in [3.8, 4) is 0 Å². The molecule has 0 fully saturated rings. The van der Waals surface area contributed by atoms with Crippen LogP contribution in [-0.4, -0.2) is 28.5 Å². The third-order valence-electron chi connectivity index (χ3n) is 3.90. The highest BCUT2D eigenvalue weighted by atomic mass is 16.1. The molecule has 0 bridgehead atoms. The standard InChI is InChI=1S/C16H22N4O/c1-3-11(4-2)13(17)10-20-16(21)12-6-5-7-14-15(12)19-9-8-18-14/h5-9,11,13H,3-4,10,17H2,1-2H3,(H,20,21). The van der Waals surface area contributed by atoms with Crippen LogP contribution in [-0.2, 0) is 0 Å². The Morgan fingerprint density at radius 2 is 1.95 bits per heavy atom. The lowest BCUT2D eigenvalue weighted by Gasteiger charge is -2.21. The van der Waals surface area contributed by atoms with Crippen LogP contribution in [0.2, 0.25) is 0 Å². The summed E-state index contributed by atoms with van der Waals surface area (Å²) in [6.45, 7) is 4.72. The van der Waals surface area contributed by atoms with E-state index in [1.54, 1.807) is 18.5 Å². The molecule has 0 spiro atoms. The van der Waals surface area contributed by atoms with Gasteiger partial charge in [-0.1, -0.05) is 32.8 Å². The number of nitrogens with zero attached hydrogens (tertiary/aromatic N) is 2. The summed E-state index contributed by atoms with van der Waals surface area (Å²) in [6.07, 6.45) is 5.25. The number of nitrogens with one attached hydrogen (secondary N) is 1. The number of hydrogen-bond acceptors (Lipinski definition) is 4. The van der Waals surface area contributed by atoms with E-state index < -0.39 is 0 Å². The molecule has 0 aliphatic carbocycles. The van der Waals surface area contributed by atoms with E-state index in [-0.39, 0.29) is 11.9 Å². The summed E-state index contributed by atoms with van der Waals surface area (Å²) in [7, 11) is 0. The van der Waals surface area contributed by atoms with Crippen molar-refractivity contribution < 1.29 is 4.79 Å². The predicted octanol–water partition coefficient (Wildman–Crippen LogP) is 2.12. The fourth-order valence-corrected chi connectivity index (χ4v) is 2.54. The van der Waals surface area contributed by atoms with Gasteiger partial charge in [0, 0.05) is 25.0 Å². The topological polar surface area (TPSA) is 80.9 Å². The van der Waals surface area contributed by atoms with Crippen molar-refractivity contribution >= 4 is 16.9 Å². The highest BCUT2D eigenvalue weighted by Crippen LogP contribution is 2.14. The van der Waals surface area contributed by atoms with Crippen molar-refractivity contribution in [2.75, 3.05) is 6.54 Å². The molecule has 112 valence electrons. The van der Waals surface area contributed by atoms with Gasteiger partial charge in [-0.3, -0.25) is 14.8 Å². The number of aromatic nitrogens is 2. The average molecular weight is 286 g/mol. The number of hydrogen-bond donors (Lipinski definition) is 2. The van der Waals surface area contributed by atoms with E-state index in [1.807, 2.05) is 12.1 Å². The Labute approximate surface area is 125 Å². The Hall–Kier alpha value is -2.01. The van der Waals surface area contributed by atoms with Crippen molar-refractivity contribution in [3.63, 3.8) is 0 Å². The van der Waals surface area contributed by atoms with Crippen molar-refractivity contribution in [1.29, 1.82) is 0 Å². The molecule has 0 aliphatic rings. The summed E-state index contributed by atoms with van der Waals surface area (Å²) in [5.74, 6) is 0.278. The van der Waals surface area contributed by atoms with E-state index in [1.165, 1.54) is 0 Å². The molecule has 5 nitrogen and oxygen atoms in total. The van der Waals surface area contributed by atoms with E-state index in [0.29, 0.717) is 23.5 Å². The third kappa shape index (κ3) is 3.55. The lowest BCUT2D eigenvalue weighted by atomic mass is 9.95. The fraction of sp³-hybridized carbons (Fsp3) is 0.438. The number of fused-ring (bicyclic) bond motifs is 1. The second-order valence-electron chi connectivity index (χ2n) is 5.18. The molecule has 1 heterocycles. The second kappa shape index (κ2) is 7.13. The second-order valence-corrected chi connectivity index (χ2v) is 5.18. The van der Waals surface area contributed by atoms with Gasteiger partial charge >= 0.3 is 0 Å². The summed E-state index contributed by atoms with van der Waals surface area (Å²) in [6, 6.07) is 5.39. The molecule has 2 aromatic rings. The molecule has 5 heteroatoms. The summed E-state index contributed by atoms with van der Waals surface area (Å²) in [5.41, 5.74) is 8.01. The van der Waals surface area contributed by atoms with Gasteiger partial charge in [0.2, 0.25) is 0 Å². The van der Waals surface area contributed by atoms with E-state index in [4.69, 9.17) is 5.73 Å². The lowest BCUT2D eigenvalue weighted by Crippen LogP contribution is -2.41. The molecular formula is C16H22N4O. The van der Waals surface area contributed by atoms with Crippen LogP contribution in [0.5, 0.6) is 0 Å². The number of nitrogens with two attached hydrogens (primary N) is 1. The average Bonchev–Trinajstić information content (AvgIpc) is 2.53. The van der Waals surface area contributed by atoms with Crippen LogP contribution < -0.4 is 11.1 Å². The van der Waals surface area contributed by atoms with Crippen LogP contribution in [0.25, 0.3) is 11.0 Å². The first-order valence-electron chi connectivity index (χ1n) is 7.40. The smallest absolute Gasteiger partial charge is 0.253 e. The minimum absolute atomic E-state index is 0.0231. The summed E-state index contributed by atoms with van der Waals surface area (Å²) < 4.78 is 0. The highest BCUT2D eigenvalue weighted by molar-refractivity contribution is 6.04. The van der Waals surface area contributed by atoms with E-state index >= 15 is 0 Å². The van der Waals surface area contributed by atoms with Gasteiger partial charge in [0.1, 0.15) is 5.52 Å². The van der Waals surface area contributed by atoms with Crippen molar-refractivity contribution in [3.05, 3.63) is 36.2 Å². The van der Waals surface area contributed by atoms with Gasteiger partial charge in [-0.15, -0.1) is 0 Å². The number of benzene rings is 1. The zero-order chi connectivity index (χ0) is 15.2. The first-order chi connectivity index (χ1) is 10.2. The van der Waals surface area contributed by atoms with Crippen LogP contribution in [0, 0.1) is 5.92 Å². The zero-order valence-corrected chi connectivity index (χ0v) is 12.5. The highest BCUT2D eigenvalue weighted by Gasteiger charge is 2.16. The van der Waals surface area contributed by atoms with Gasteiger partial charge in [0.25, 0.3) is 5.91 Å². The number of amides is 1. The monoisotopic (exact) mass is 286 g/mol. The molecule has 0 saturated carbocycles. The molecule has 1 amide bonds. The summed E-state index contributed by atoms with van der Waals surface area (Å²) >= 11 is 0. The number of carbonyl (C=O) groups is 1. The number of carbonyl (C=O) groups excluding carboxylic acids is 1. The number of rotatable bonds is 6. The Bertz CT molecular complexity index is 605. The van der Waals surface area contributed by atoms with Gasteiger partial charge in [0.05, 0.1) is 11.1 Å².